The van der Waals surface area contributed by atoms with Gasteiger partial charge in [-0.15, -0.1) is 0 Å². The SMILES string of the molecule is Cc1nc(CCNC(=O)C2CCC(=O)N(CCN3CCOCC3)C2)nc2c1CCC2. The molecule has 0 aromatic carbocycles. The Kier molecular flexibility index (Phi) is 6.94. The van der Waals surface area contributed by atoms with Gasteiger partial charge in [0.15, 0.2) is 0 Å². The average Bonchev–Trinajstić information content (AvgIpc) is 3.23. The highest BCUT2D eigenvalue weighted by Crippen LogP contribution is 2.22. The second kappa shape index (κ2) is 9.83. The molecule has 164 valence electrons. The van der Waals surface area contributed by atoms with E-state index in [0.717, 1.165) is 63.6 Å². The number of amides is 2. The Balaban J connectivity index is 1.23. The van der Waals surface area contributed by atoms with E-state index in [-0.39, 0.29) is 17.7 Å². The van der Waals surface area contributed by atoms with Crippen molar-refractivity contribution in [3.05, 3.63) is 22.8 Å². The molecule has 8 nitrogen and oxygen atoms in total. The van der Waals surface area contributed by atoms with Gasteiger partial charge in [-0.1, -0.05) is 0 Å². The van der Waals surface area contributed by atoms with Crippen LogP contribution in [0.5, 0.6) is 0 Å². The standard InChI is InChI=1S/C22H33N5O3/c1-16-18-3-2-4-19(18)25-20(24-16)7-8-23-22(29)17-5-6-21(28)27(15-17)10-9-26-11-13-30-14-12-26/h17H,2-15H2,1H3,(H,23,29). The summed E-state index contributed by atoms with van der Waals surface area (Å²) in [5.74, 6) is 0.889. The van der Waals surface area contributed by atoms with Gasteiger partial charge in [0.2, 0.25) is 11.8 Å². The summed E-state index contributed by atoms with van der Waals surface area (Å²) >= 11 is 0. The molecule has 1 aromatic heterocycles. The number of carbonyl (C=O) groups is 2. The van der Waals surface area contributed by atoms with E-state index in [4.69, 9.17) is 4.74 Å². The monoisotopic (exact) mass is 415 g/mol. The number of aryl methyl sites for hydroxylation is 2. The zero-order valence-electron chi connectivity index (χ0n) is 18.0. The molecular formula is C22H33N5O3. The zero-order chi connectivity index (χ0) is 20.9. The molecule has 8 heteroatoms. The second-order valence-electron chi connectivity index (χ2n) is 8.57. The fourth-order valence-corrected chi connectivity index (χ4v) is 4.67. The molecule has 1 N–H and O–H groups in total. The smallest absolute Gasteiger partial charge is 0.224 e. The van der Waals surface area contributed by atoms with Gasteiger partial charge in [-0.2, -0.15) is 0 Å². The number of fused-ring (bicyclic) bond motifs is 1. The highest BCUT2D eigenvalue weighted by atomic mass is 16.5. The molecule has 0 radical (unpaired) electrons. The number of piperidine rings is 1. The lowest BCUT2D eigenvalue weighted by molar-refractivity contribution is -0.138. The summed E-state index contributed by atoms with van der Waals surface area (Å²) in [6.45, 7) is 7.98. The van der Waals surface area contributed by atoms with E-state index in [0.29, 0.717) is 38.9 Å². The van der Waals surface area contributed by atoms with Crippen LogP contribution in [0.2, 0.25) is 0 Å². The van der Waals surface area contributed by atoms with Gasteiger partial charge in [0, 0.05) is 63.5 Å². The van der Waals surface area contributed by atoms with E-state index >= 15 is 0 Å². The molecule has 3 aliphatic rings. The molecule has 1 atom stereocenters. The molecule has 1 aromatic rings. The van der Waals surface area contributed by atoms with E-state index < -0.39 is 0 Å². The van der Waals surface area contributed by atoms with Crippen LogP contribution in [0.1, 0.15) is 42.0 Å². The van der Waals surface area contributed by atoms with E-state index in [1.54, 1.807) is 0 Å². The Labute approximate surface area is 178 Å². The number of carbonyl (C=O) groups excluding carboxylic acids is 2. The van der Waals surface area contributed by atoms with Gasteiger partial charge in [0.1, 0.15) is 5.82 Å². The minimum absolute atomic E-state index is 0.0387. The molecular weight excluding hydrogens is 382 g/mol. The van der Waals surface area contributed by atoms with Gasteiger partial charge in [-0.3, -0.25) is 14.5 Å². The topological polar surface area (TPSA) is 87.7 Å². The largest absolute Gasteiger partial charge is 0.379 e. The van der Waals surface area contributed by atoms with Crippen LogP contribution in [-0.4, -0.2) is 84.1 Å². The van der Waals surface area contributed by atoms with Crippen molar-refractivity contribution < 1.29 is 14.3 Å². The molecule has 30 heavy (non-hydrogen) atoms. The Morgan fingerprint density at radius 3 is 2.83 bits per heavy atom. The zero-order valence-corrected chi connectivity index (χ0v) is 18.0. The van der Waals surface area contributed by atoms with Crippen molar-refractivity contribution in [2.45, 2.75) is 45.4 Å². The van der Waals surface area contributed by atoms with Crippen molar-refractivity contribution in [1.82, 2.24) is 25.1 Å². The first kappa shape index (κ1) is 21.2. The third-order valence-corrected chi connectivity index (χ3v) is 6.49. The number of rotatable bonds is 7. The van der Waals surface area contributed by atoms with Gasteiger partial charge in [0.05, 0.1) is 19.1 Å². The third-order valence-electron chi connectivity index (χ3n) is 6.49. The van der Waals surface area contributed by atoms with Crippen molar-refractivity contribution in [1.29, 1.82) is 0 Å². The number of morpholine rings is 1. The molecule has 0 bridgehead atoms. The lowest BCUT2D eigenvalue weighted by atomic mass is 9.96. The van der Waals surface area contributed by atoms with E-state index in [9.17, 15) is 9.59 Å². The predicted octanol–water partition coefficient (Wildman–Crippen LogP) is 0.503. The molecule has 0 saturated carbocycles. The molecule has 3 heterocycles. The van der Waals surface area contributed by atoms with Crippen LogP contribution in [0.4, 0.5) is 0 Å². The number of nitrogens with one attached hydrogen (secondary N) is 1. The van der Waals surface area contributed by atoms with Crippen LogP contribution in [-0.2, 0) is 33.6 Å². The number of hydrogen-bond donors (Lipinski definition) is 1. The van der Waals surface area contributed by atoms with Gasteiger partial charge in [-0.25, -0.2) is 9.97 Å². The minimum Gasteiger partial charge on any atom is -0.379 e. The van der Waals surface area contributed by atoms with Gasteiger partial charge in [0.25, 0.3) is 0 Å². The Morgan fingerprint density at radius 2 is 2.00 bits per heavy atom. The van der Waals surface area contributed by atoms with E-state index in [1.165, 1.54) is 11.3 Å². The van der Waals surface area contributed by atoms with Crippen LogP contribution in [0, 0.1) is 12.8 Å². The quantitative estimate of drug-likeness (QED) is 0.698. The summed E-state index contributed by atoms with van der Waals surface area (Å²) in [5, 5.41) is 3.05. The first-order chi connectivity index (χ1) is 14.6. The number of aromatic nitrogens is 2. The molecule has 1 aliphatic carbocycles. The summed E-state index contributed by atoms with van der Waals surface area (Å²) in [5.41, 5.74) is 3.58. The van der Waals surface area contributed by atoms with Crippen molar-refractivity contribution >= 4 is 11.8 Å². The lowest BCUT2D eigenvalue weighted by Crippen LogP contribution is -2.49. The first-order valence-corrected chi connectivity index (χ1v) is 11.3. The first-order valence-electron chi connectivity index (χ1n) is 11.3. The van der Waals surface area contributed by atoms with E-state index in [1.807, 2.05) is 4.90 Å². The Hall–Kier alpha value is -2.06. The van der Waals surface area contributed by atoms with Crippen LogP contribution in [0.3, 0.4) is 0 Å². The maximum absolute atomic E-state index is 12.7. The van der Waals surface area contributed by atoms with Crippen molar-refractivity contribution in [2.75, 3.05) is 52.5 Å². The highest BCUT2D eigenvalue weighted by molar-refractivity contribution is 5.83. The molecule has 2 saturated heterocycles. The summed E-state index contributed by atoms with van der Waals surface area (Å²) in [6, 6.07) is 0. The number of likely N-dealkylation sites (tertiary alicyclic amines) is 1. The van der Waals surface area contributed by atoms with Crippen molar-refractivity contribution in [3.63, 3.8) is 0 Å². The van der Waals surface area contributed by atoms with Crippen molar-refractivity contribution in [3.8, 4) is 0 Å². The fourth-order valence-electron chi connectivity index (χ4n) is 4.67. The molecule has 2 amide bonds. The van der Waals surface area contributed by atoms with Crippen LogP contribution in [0.15, 0.2) is 0 Å². The maximum Gasteiger partial charge on any atom is 0.224 e. The van der Waals surface area contributed by atoms with Gasteiger partial charge < -0.3 is 15.0 Å². The molecule has 0 spiro atoms. The molecule has 4 rings (SSSR count). The van der Waals surface area contributed by atoms with Crippen LogP contribution in [0.25, 0.3) is 0 Å². The predicted molar refractivity (Wildman–Crippen MR) is 112 cm³/mol. The Bertz CT molecular complexity index is 778. The normalized spacial score (nSPS) is 22.2. The van der Waals surface area contributed by atoms with Gasteiger partial charge >= 0.3 is 0 Å². The highest BCUT2D eigenvalue weighted by Gasteiger charge is 2.30. The summed E-state index contributed by atoms with van der Waals surface area (Å²) in [6.07, 6.45) is 5.01. The third kappa shape index (κ3) is 5.16. The fraction of sp³-hybridized carbons (Fsp3) is 0.727. The number of hydrogen-bond acceptors (Lipinski definition) is 6. The summed E-state index contributed by atoms with van der Waals surface area (Å²) in [7, 11) is 0. The maximum atomic E-state index is 12.7. The average molecular weight is 416 g/mol. The summed E-state index contributed by atoms with van der Waals surface area (Å²) in [4.78, 5) is 38.5. The van der Waals surface area contributed by atoms with Crippen LogP contribution >= 0.6 is 0 Å². The van der Waals surface area contributed by atoms with Gasteiger partial charge in [-0.05, 0) is 38.2 Å². The lowest BCUT2D eigenvalue weighted by Gasteiger charge is -2.34. The number of nitrogens with zero attached hydrogens (tertiary/aromatic N) is 4. The Morgan fingerprint density at radius 1 is 1.17 bits per heavy atom. The molecule has 2 aliphatic heterocycles. The van der Waals surface area contributed by atoms with Crippen LogP contribution < -0.4 is 5.32 Å². The number of ether oxygens (including phenoxy) is 1. The van der Waals surface area contributed by atoms with E-state index in [2.05, 4.69) is 27.1 Å². The summed E-state index contributed by atoms with van der Waals surface area (Å²) < 4.78 is 5.37. The molecule has 2 fully saturated rings. The minimum atomic E-state index is -0.130. The second-order valence-corrected chi connectivity index (χ2v) is 8.57. The molecule has 1 unspecified atom stereocenters. The van der Waals surface area contributed by atoms with Crippen molar-refractivity contribution in [2.24, 2.45) is 5.92 Å².